The molecule has 0 bridgehead atoms. The maximum atomic E-state index is 12.6. The number of hydrogen-bond acceptors (Lipinski definition) is 4. The highest BCUT2D eigenvalue weighted by atomic mass is 16.5. The van der Waals surface area contributed by atoms with Crippen molar-refractivity contribution in [2.24, 2.45) is 5.73 Å². The van der Waals surface area contributed by atoms with Gasteiger partial charge in [0.15, 0.2) is 0 Å². The topological polar surface area (TPSA) is 68.5 Å². The van der Waals surface area contributed by atoms with Gasteiger partial charge in [0.2, 0.25) is 5.88 Å². The lowest BCUT2D eigenvalue weighted by Gasteiger charge is -2.37. The van der Waals surface area contributed by atoms with Gasteiger partial charge in [-0.15, -0.1) is 0 Å². The Morgan fingerprint density at radius 2 is 2.37 bits per heavy atom. The summed E-state index contributed by atoms with van der Waals surface area (Å²) in [6.45, 7) is 1.30. The van der Waals surface area contributed by atoms with Crippen LogP contribution in [0.3, 0.4) is 0 Å². The minimum atomic E-state index is 0.00287. The Morgan fingerprint density at radius 1 is 1.58 bits per heavy atom. The number of pyridine rings is 1. The summed E-state index contributed by atoms with van der Waals surface area (Å²) in [5.41, 5.74) is 6.09. The lowest BCUT2D eigenvalue weighted by atomic mass is 9.91. The van der Waals surface area contributed by atoms with Crippen molar-refractivity contribution in [3.63, 3.8) is 0 Å². The van der Waals surface area contributed by atoms with E-state index in [9.17, 15) is 4.79 Å². The molecule has 1 aromatic rings. The third-order valence-corrected chi connectivity index (χ3v) is 3.57. The molecule has 5 nitrogen and oxygen atoms in total. The van der Waals surface area contributed by atoms with Crippen molar-refractivity contribution in [1.82, 2.24) is 9.88 Å². The van der Waals surface area contributed by atoms with Crippen molar-refractivity contribution in [2.45, 2.75) is 31.7 Å². The van der Waals surface area contributed by atoms with Crippen LogP contribution in [0.4, 0.5) is 0 Å². The molecule has 1 fully saturated rings. The molecule has 1 aliphatic rings. The van der Waals surface area contributed by atoms with E-state index in [0.29, 0.717) is 30.6 Å². The Hall–Kier alpha value is -1.62. The standard InChI is InChI=1S/C14H21N3O2/c1-19-13-12(7-3-9-16-13)14(18)17(10-4-8-15)11-5-2-6-11/h3,7,9,11H,2,4-6,8,10,15H2,1H3. The second kappa shape index (κ2) is 6.52. The van der Waals surface area contributed by atoms with Gasteiger partial charge in [0.05, 0.1) is 7.11 Å². The molecule has 104 valence electrons. The van der Waals surface area contributed by atoms with Crippen molar-refractivity contribution in [3.8, 4) is 5.88 Å². The molecule has 5 heteroatoms. The summed E-state index contributed by atoms with van der Waals surface area (Å²) in [5, 5.41) is 0. The van der Waals surface area contributed by atoms with E-state index in [1.54, 1.807) is 18.3 Å². The smallest absolute Gasteiger partial charge is 0.259 e. The molecular formula is C14H21N3O2. The van der Waals surface area contributed by atoms with Crippen LogP contribution in [-0.4, -0.2) is 42.0 Å². The van der Waals surface area contributed by atoms with Crippen LogP contribution in [-0.2, 0) is 0 Å². The monoisotopic (exact) mass is 263 g/mol. The number of methoxy groups -OCH3 is 1. The van der Waals surface area contributed by atoms with Crippen molar-refractivity contribution < 1.29 is 9.53 Å². The van der Waals surface area contributed by atoms with E-state index < -0.39 is 0 Å². The van der Waals surface area contributed by atoms with Crippen LogP contribution in [0, 0.1) is 0 Å². The molecule has 0 atom stereocenters. The number of rotatable bonds is 6. The quantitative estimate of drug-likeness (QED) is 0.843. The Labute approximate surface area is 113 Å². The minimum absolute atomic E-state index is 0.00287. The molecule has 1 amide bonds. The Balaban J connectivity index is 2.17. The highest BCUT2D eigenvalue weighted by Gasteiger charge is 2.30. The number of amides is 1. The van der Waals surface area contributed by atoms with Crippen LogP contribution in [0.5, 0.6) is 5.88 Å². The maximum absolute atomic E-state index is 12.6. The van der Waals surface area contributed by atoms with E-state index in [2.05, 4.69) is 4.98 Å². The highest BCUT2D eigenvalue weighted by molar-refractivity contribution is 5.96. The fraction of sp³-hybridized carbons (Fsp3) is 0.571. The summed E-state index contributed by atoms with van der Waals surface area (Å²) in [6, 6.07) is 3.88. The molecule has 0 aromatic carbocycles. The molecule has 0 radical (unpaired) electrons. The second-order valence-electron chi connectivity index (χ2n) is 4.79. The average molecular weight is 263 g/mol. The summed E-state index contributed by atoms with van der Waals surface area (Å²) in [5.74, 6) is 0.396. The number of carbonyl (C=O) groups is 1. The van der Waals surface area contributed by atoms with E-state index in [1.165, 1.54) is 13.5 Å². The zero-order valence-electron chi connectivity index (χ0n) is 11.3. The zero-order chi connectivity index (χ0) is 13.7. The molecule has 1 aromatic heterocycles. The van der Waals surface area contributed by atoms with Gasteiger partial charge in [-0.1, -0.05) is 0 Å². The maximum Gasteiger partial charge on any atom is 0.259 e. The number of hydrogen-bond donors (Lipinski definition) is 1. The zero-order valence-corrected chi connectivity index (χ0v) is 11.3. The Kier molecular flexibility index (Phi) is 4.74. The summed E-state index contributed by atoms with van der Waals surface area (Å²) >= 11 is 0. The van der Waals surface area contributed by atoms with Gasteiger partial charge in [-0.3, -0.25) is 4.79 Å². The van der Waals surface area contributed by atoms with Crippen molar-refractivity contribution in [3.05, 3.63) is 23.9 Å². The minimum Gasteiger partial charge on any atom is -0.480 e. The van der Waals surface area contributed by atoms with Crippen molar-refractivity contribution in [1.29, 1.82) is 0 Å². The molecule has 1 heterocycles. The third-order valence-electron chi connectivity index (χ3n) is 3.57. The van der Waals surface area contributed by atoms with Gasteiger partial charge < -0.3 is 15.4 Å². The summed E-state index contributed by atoms with van der Waals surface area (Å²) < 4.78 is 5.17. The molecule has 0 unspecified atom stereocenters. The summed E-state index contributed by atoms with van der Waals surface area (Å²) in [6.07, 6.45) is 5.81. The highest BCUT2D eigenvalue weighted by Crippen LogP contribution is 2.27. The van der Waals surface area contributed by atoms with Gasteiger partial charge in [-0.05, 0) is 44.4 Å². The molecule has 0 spiro atoms. The number of nitrogens with zero attached hydrogens (tertiary/aromatic N) is 2. The lowest BCUT2D eigenvalue weighted by molar-refractivity contribution is 0.0574. The van der Waals surface area contributed by atoms with E-state index in [0.717, 1.165) is 19.3 Å². The second-order valence-corrected chi connectivity index (χ2v) is 4.79. The van der Waals surface area contributed by atoms with E-state index >= 15 is 0 Å². The van der Waals surface area contributed by atoms with Gasteiger partial charge in [0, 0.05) is 18.8 Å². The molecule has 0 saturated heterocycles. The predicted octanol–water partition coefficient (Wildman–Crippen LogP) is 1.43. The van der Waals surface area contributed by atoms with Crippen LogP contribution in [0.2, 0.25) is 0 Å². The van der Waals surface area contributed by atoms with E-state index in [1.807, 2.05) is 4.90 Å². The van der Waals surface area contributed by atoms with Crippen LogP contribution < -0.4 is 10.5 Å². The van der Waals surface area contributed by atoms with Crippen LogP contribution in [0.1, 0.15) is 36.0 Å². The molecule has 0 aliphatic heterocycles. The van der Waals surface area contributed by atoms with Crippen molar-refractivity contribution in [2.75, 3.05) is 20.2 Å². The van der Waals surface area contributed by atoms with Crippen LogP contribution in [0.25, 0.3) is 0 Å². The fourth-order valence-electron chi connectivity index (χ4n) is 2.28. The summed E-state index contributed by atoms with van der Waals surface area (Å²) in [4.78, 5) is 18.6. The van der Waals surface area contributed by atoms with Crippen LogP contribution >= 0.6 is 0 Å². The third kappa shape index (κ3) is 3.04. The van der Waals surface area contributed by atoms with Gasteiger partial charge in [0.25, 0.3) is 5.91 Å². The lowest BCUT2D eigenvalue weighted by Crippen LogP contribution is -2.45. The van der Waals surface area contributed by atoms with E-state index in [4.69, 9.17) is 10.5 Å². The van der Waals surface area contributed by atoms with Gasteiger partial charge >= 0.3 is 0 Å². The fourth-order valence-corrected chi connectivity index (χ4v) is 2.28. The van der Waals surface area contributed by atoms with Gasteiger partial charge in [0.1, 0.15) is 5.56 Å². The number of aromatic nitrogens is 1. The molecule has 2 rings (SSSR count). The van der Waals surface area contributed by atoms with Gasteiger partial charge in [-0.2, -0.15) is 0 Å². The predicted molar refractivity (Wildman–Crippen MR) is 73.1 cm³/mol. The first-order valence-corrected chi connectivity index (χ1v) is 6.78. The van der Waals surface area contributed by atoms with Crippen LogP contribution in [0.15, 0.2) is 18.3 Å². The number of carbonyl (C=O) groups excluding carboxylic acids is 1. The SMILES string of the molecule is COc1ncccc1C(=O)N(CCCN)C1CCC1. The first-order valence-electron chi connectivity index (χ1n) is 6.78. The first-order chi connectivity index (χ1) is 9.27. The Bertz CT molecular complexity index is 432. The normalized spacial score (nSPS) is 14.8. The van der Waals surface area contributed by atoms with E-state index in [-0.39, 0.29) is 5.91 Å². The van der Waals surface area contributed by atoms with Gasteiger partial charge in [-0.25, -0.2) is 4.98 Å². The molecule has 19 heavy (non-hydrogen) atoms. The molecule has 1 aliphatic carbocycles. The Morgan fingerprint density at radius 3 is 2.95 bits per heavy atom. The number of nitrogens with two attached hydrogens (primary N) is 1. The first kappa shape index (κ1) is 13.8. The largest absolute Gasteiger partial charge is 0.480 e. The average Bonchev–Trinajstić information content (AvgIpc) is 2.40. The molecule has 2 N–H and O–H groups in total. The number of ether oxygens (including phenoxy) is 1. The van der Waals surface area contributed by atoms with Crippen molar-refractivity contribution >= 4 is 5.91 Å². The molecule has 1 saturated carbocycles. The summed E-state index contributed by atoms with van der Waals surface area (Å²) in [7, 11) is 1.53. The molecular weight excluding hydrogens is 242 g/mol.